The van der Waals surface area contributed by atoms with E-state index in [1.165, 1.54) is 25.3 Å². The van der Waals surface area contributed by atoms with Gasteiger partial charge >= 0.3 is 0 Å². The molecular formula is C29H33Cl2N9O4S. The van der Waals surface area contributed by atoms with Gasteiger partial charge in [-0.3, -0.25) is 19.2 Å². The Hall–Kier alpha value is -4.11. The van der Waals surface area contributed by atoms with Gasteiger partial charge in [0.15, 0.2) is 5.15 Å². The molecule has 1 saturated heterocycles. The van der Waals surface area contributed by atoms with Gasteiger partial charge < -0.3 is 39.9 Å². The molecule has 1 aliphatic heterocycles. The summed E-state index contributed by atoms with van der Waals surface area (Å²) in [6, 6.07) is 4.69. The van der Waals surface area contributed by atoms with Crippen molar-refractivity contribution in [3.8, 4) is 0 Å². The molecule has 4 amide bonds. The van der Waals surface area contributed by atoms with Crippen LogP contribution in [0, 0.1) is 0 Å². The lowest BCUT2D eigenvalue weighted by Crippen LogP contribution is -2.38. The molecule has 4 N–H and O–H groups in total. The SMILES string of the molecule is Cn1cc(NC(=O)c2cc(NC(=O)c3cc(NC(=O)c4snc(Cl)c4Cl)cn3C)cn2C)cc1C(=O)NCCN1CCCCC1. The average Bonchev–Trinajstić information content (AvgIpc) is 3.75. The summed E-state index contributed by atoms with van der Waals surface area (Å²) >= 11 is 12.7. The second-order valence-electron chi connectivity index (χ2n) is 10.8. The summed E-state index contributed by atoms with van der Waals surface area (Å²) in [4.78, 5) is 54.0. The Kier molecular flexibility index (Phi) is 9.97. The molecule has 4 aromatic rings. The van der Waals surface area contributed by atoms with Gasteiger partial charge in [0.25, 0.3) is 23.6 Å². The van der Waals surface area contributed by atoms with E-state index < -0.39 is 17.7 Å². The first-order valence-corrected chi connectivity index (χ1v) is 15.8. The maximum Gasteiger partial charge on any atom is 0.272 e. The molecule has 13 nitrogen and oxygen atoms in total. The summed E-state index contributed by atoms with van der Waals surface area (Å²) < 4.78 is 8.66. The van der Waals surface area contributed by atoms with Crippen molar-refractivity contribution in [3.05, 3.63) is 68.9 Å². The molecule has 0 atom stereocenters. The van der Waals surface area contributed by atoms with Gasteiger partial charge in [0, 0.05) is 52.8 Å². The highest BCUT2D eigenvalue weighted by molar-refractivity contribution is 7.09. The quantitative estimate of drug-likeness (QED) is 0.196. The van der Waals surface area contributed by atoms with Crippen LogP contribution in [0.5, 0.6) is 0 Å². The topological polar surface area (TPSA) is 147 Å². The number of likely N-dealkylation sites (tertiary alicyclic amines) is 1. The van der Waals surface area contributed by atoms with E-state index in [9.17, 15) is 19.2 Å². The van der Waals surface area contributed by atoms with E-state index in [0.717, 1.165) is 31.2 Å². The molecule has 238 valence electrons. The fourth-order valence-electron chi connectivity index (χ4n) is 5.16. The fraction of sp³-hybridized carbons (Fsp3) is 0.345. The van der Waals surface area contributed by atoms with Crippen molar-refractivity contribution in [2.75, 3.05) is 42.1 Å². The predicted molar refractivity (Wildman–Crippen MR) is 175 cm³/mol. The molecule has 0 spiro atoms. The number of piperidine rings is 1. The van der Waals surface area contributed by atoms with Crippen LogP contribution in [0.1, 0.15) is 60.4 Å². The number of rotatable bonds is 10. The summed E-state index contributed by atoms with van der Waals surface area (Å²) in [5, 5.41) is 11.4. The highest BCUT2D eigenvalue weighted by Crippen LogP contribution is 2.29. The van der Waals surface area contributed by atoms with E-state index in [1.807, 2.05) is 0 Å². The number of carbonyl (C=O) groups excluding carboxylic acids is 4. The van der Waals surface area contributed by atoms with E-state index in [0.29, 0.717) is 35.0 Å². The molecule has 4 aromatic heterocycles. The van der Waals surface area contributed by atoms with E-state index >= 15 is 0 Å². The Morgan fingerprint density at radius 2 is 1.20 bits per heavy atom. The zero-order valence-electron chi connectivity index (χ0n) is 24.9. The lowest BCUT2D eigenvalue weighted by atomic mass is 10.1. The van der Waals surface area contributed by atoms with E-state index in [4.69, 9.17) is 23.2 Å². The Labute approximate surface area is 273 Å². The fourth-order valence-corrected chi connectivity index (χ4v) is 6.27. The lowest BCUT2D eigenvalue weighted by Gasteiger charge is -2.26. The van der Waals surface area contributed by atoms with Crippen LogP contribution in [0.15, 0.2) is 36.8 Å². The third-order valence-electron chi connectivity index (χ3n) is 7.45. The van der Waals surface area contributed by atoms with Gasteiger partial charge in [-0.25, -0.2) is 0 Å². The normalized spacial score (nSPS) is 13.4. The van der Waals surface area contributed by atoms with Gasteiger partial charge in [-0.15, -0.1) is 0 Å². The van der Waals surface area contributed by atoms with Gasteiger partial charge in [-0.1, -0.05) is 29.6 Å². The molecule has 5 rings (SSSR count). The van der Waals surface area contributed by atoms with Crippen LogP contribution in [-0.4, -0.2) is 72.8 Å². The molecule has 1 fully saturated rings. The monoisotopic (exact) mass is 673 g/mol. The minimum atomic E-state index is -0.500. The van der Waals surface area contributed by atoms with Crippen LogP contribution >= 0.6 is 34.7 Å². The number of amides is 4. The third-order valence-corrected chi connectivity index (χ3v) is 9.25. The Balaban J connectivity index is 1.17. The molecule has 0 saturated carbocycles. The summed E-state index contributed by atoms with van der Waals surface area (Å²) in [7, 11) is 5.09. The summed E-state index contributed by atoms with van der Waals surface area (Å²) in [6.07, 6.45) is 8.52. The number of nitrogens with zero attached hydrogens (tertiary/aromatic N) is 5. The average molecular weight is 675 g/mol. The molecule has 1 aliphatic rings. The number of carbonyl (C=O) groups is 4. The summed E-state index contributed by atoms with van der Waals surface area (Å²) in [5.41, 5.74) is 2.23. The zero-order chi connectivity index (χ0) is 32.2. The molecule has 0 unspecified atom stereocenters. The van der Waals surface area contributed by atoms with Crippen molar-refractivity contribution in [2.24, 2.45) is 21.1 Å². The van der Waals surface area contributed by atoms with Gasteiger partial charge in [0.1, 0.15) is 27.0 Å². The first-order valence-electron chi connectivity index (χ1n) is 14.2. The smallest absolute Gasteiger partial charge is 0.272 e. The van der Waals surface area contributed by atoms with Gasteiger partial charge in [-0.2, -0.15) is 4.37 Å². The molecule has 16 heteroatoms. The zero-order valence-corrected chi connectivity index (χ0v) is 27.3. The van der Waals surface area contributed by atoms with Crippen LogP contribution in [-0.2, 0) is 21.1 Å². The Morgan fingerprint density at radius 3 is 1.67 bits per heavy atom. The molecule has 0 bridgehead atoms. The first-order chi connectivity index (χ1) is 21.5. The standard InChI is InChI=1S/C29H33Cl2N9O4S/c1-37-14-17(11-20(37)26(41)32-7-10-40-8-5-4-6-9-40)33-27(42)21-12-18(15-38(21)2)34-28(43)22-13-19(16-39(22)3)35-29(44)24-23(30)25(31)36-45-24/h11-16H,4-10H2,1-3H3,(H,32,41)(H,33,42)(H,34,43)(H,35,44). The highest BCUT2D eigenvalue weighted by atomic mass is 35.5. The molecule has 0 aromatic carbocycles. The van der Waals surface area contributed by atoms with Crippen LogP contribution in [0.2, 0.25) is 10.2 Å². The minimum absolute atomic E-state index is 0.0469. The van der Waals surface area contributed by atoms with Crippen LogP contribution < -0.4 is 21.3 Å². The Morgan fingerprint density at radius 1 is 0.733 bits per heavy atom. The predicted octanol–water partition coefficient (Wildman–Crippen LogP) is 4.44. The van der Waals surface area contributed by atoms with E-state index in [1.54, 1.807) is 65.6 Å². The van der Waals surface area contributed by atoms with E-state index in [2.05, 4.69) is 30.5 Å². The maximum atomic E-state index is 13.1. The number of halogens is 2. The van der Waals surface area contributed by atoms with Gasteiger partial charge in [-0.05, 0) is 55.7 Å². The number of anilines is 3. The number of aromatic nitrogens is 4. The van der Waals surface area contributed by atoms with Gasteiger partial charge in [0.2, 0.25) is 0 Å². The molecular weight excluding hydrogens is 641 g/mol. The van der Waals surface area contributed by atoms with Crippen molar-refractivity contribution >= 4 is 75.4 Å². The largest absolute Gasteiger partial charge is 0.349 e. The number of aryl methyl sites for hydroxylation is 3. The van der Waals surface area contributed by atoms with Gasteiger partial charge in [0.05, 0.1) is 17.1 Å². The first kappa shape index (κ1) is 32.3. The number of nitrogens with one attached hydrogen (secondary N) is 4. The molecule has 0 aliphatic carbocycles. The van der Waals surface area contributed by atoms with E-state index in [-0.39, 0.29) is 26.7 Å². The number of hydrogen-bond acceptors (Lipinski definition) is 7. The molecule has 0 radical (unpaired) electrons. The maximum absolute atomic E-state index is 13.1. The molecule has 5 heterocycles. The Bertz CT molecular complexity index is 1750. The lowest BCUT2D eigenvalue weighted by molar-refractivity contribution is 0.0936. The van der Waals surface area contributed by atoms with Crippen molar-refractivity contribution in [3.63, 3.8) is 0 Å². The van der Waals surface area contributed by atoms with Crippen LogP contribution in [0.25, 0.3) is 0 Å². The summed E-state index contributed by atoms with van der Waals surface area (Å²) in [5.74, 6) is -1.57. The van der Waals surface area contributed by atoms with Crippen molar-refractivity contribution in [2.45, 2.75) is 19.3 Å². The third kappa shape index (κ3) is 7.59. The van der Waals surface area contributed by atoms with Crippen molar-refractivity contribution in [1.29, 1.82) is 0 Å². The van der Waals surface area contributed by atoms with Crippen molar-refractivity contribution in [1.82, 2.24) is 28.3 Å². The second-order valence-corrected chi connectivity index (χ2v) is 12.3. The summed E-state index contributed by atoms with van der Waals surface area (Å²) in [6.45, 7) is 3.49. The van der Waals surface area contributed by atoms with Crippen LogP contribution in [0.3, 0.4) is 0 Å². The molecule has 45 heavy (non-hydrogen) atoms. The minimum Gasteiger partial charge on any atom is -0.349 e. The van der Waals surface area contributed by atoms with Crippen molar-refractivity contribution < 1.29 is 19.2 Å². The number of hydrogen-bond donors (Lipinski definition) is 4. The second kappa shape index (κ2) is 13.9. The van der Waals surface area contributed by atoms with Crippen LogP contribution in [0.4, 0.5) is 17.1 Å². The highest BCUT2D eigenvalue weighted by Gasteiger charge is 2.21.